The molecule has 1 fully saturated rings. The molecular formula is C18H21FN4O2. The molecule has 0 bridgehead atoms. The van der Waals surface area contributed by atoms with Gasteiger partial charge >= 0.3 is 0 Å². The minimum atomic E-state index is -0.479. The van der Waals surface area contributed by atoms with Gasteiger partial charge in [0, 0.05) is 43.9 Å². The molecule has 1 atom stereocenters. The van der Waals surface area contributed by atoms with E-state index in [1.54, 1.807) is 12.3 Å². The maximum absolute atomic E-state index is 13.8. The zero-order valence-corrected chi connectivity index (χ0v) is 13.9. The van der Waals surface area contributed by atoms with Crippen LogP contribution in [-0.2, 0) is 22.5 Å². The Morgan fingerprint density at radius 2 is 2.12 bits per heavy atom. The summed E-state index contributed by atoms with van der Waals surface area (Å²) in [7, 11) is 0. The third kappa shape index (κ3) is 3.29. The molecule has 4 rings (SSSR count). The van der Waals surface area contributed by atoms with Crippen LogP contribution in [0.15, 0.2) is 30.5 Å². The molecule has 2 aromatic rings. The number of hydrogen-bond acceptors (Lipinski definition) is 4. The minimum Gasteiger partial charge on any atom is -0.379 e. The fraction of sp³-hybridized carbons (Fsp3) is 0.444. The van der Waals surface area contributed by atoms with Gasteiger partial charge in [-0.15, -0.1) is 0 Å². The molecule has 0 spiro atoms. The zero-order valence-electron chi connectivity index (χ0n) is 13.9. The molecule has 6 nitrogen and oxygen atoms in total. The highest BCUT2D eigenvalue weighted by molar-refractivity contribution is 5.83. The van der Waals surface area contributed by atoms with Gasteiger partial charge in [0.15, 0.2) is 0 Å². The predicted octanol–water partition coefficient (Wildman–Crippen LogP) is 1.51. The summed E-state index contributed by atoms with van der Waals surface area (Å²) in [5.41, 5.74) is 2.85. The summed E-state index contributed by atoms with van der Waals surface area (Å²) in [5.74, 6) is -0.307. The first-order chi connectivity index (χ1) is 12.2. The average molecular weight is 344 g/mol. The Kier molecular flexibility index (Phi) is 4.50. The second-order valence-corrected chi connectivity index (χ2v) is 6.49. The van der Waals surface area contributed by atoms with Crippen LogP contribution in [0.1, 0.15) is 22.9 Å². The number of fused-ring (bicyclic) bond motifs is 1. The zero-order chi connectivity index (χ0) is 17.2. The number of halogens is 1. The summed E-state index contributed by atoms with van der Waals surface area (Å²) in [6.07, 6.45) is 2.54. The number of carbonyl (C=O) groups excluding carboxylic acids is 1. The Morgan fingerprint density at radius 1 is 1.28 bits per heavy atom. The maximum Gasteiger partial charge on any atom is 0.244 e. The van der Waals surface area contributed by atoms with E-state index in [0.717, 1.165) is 17.7 Å². The average Bonchev–Trinajstić information content (AvgIpc) is 3.10. The second-order valence-electron chi connectivity index (χ2n) is 6.49. The molecule has 0 saturated carbocycles. The monoisotopic (exact) mass is 344 g/mol. The minimum absolute atomic E-state index is 0.0133. The van der Waals surface area contributed by atoms with Crippen molar-refractivity contribution in [3.05, 3.63) is 53.1 Å². The van der Waals surface area contributed by atoms with Gasteiger partial charge in [0.05, 0.1) is 19.4 Å². The van der Waals surface area contributed by atoms with Crippen LogP contribution in [-0.4, -0.2) is 58.8 Å². The fourth-order valence-electron chi connectivity index (χ4n) is 3.60. The van der Waals surface area contributed by atoms with Gasteiger partial charge in [0.25, 0.3) is 0 Å². The molecule has 1 aromatic carbocycles. The number of amides is 1. The van der Waals surface area contributed by atoms with Crippen LogP contribution in [0.4, 0.5) is 4.39 Å². The summed E-state index contributed by atoms with van der Waals surface area (Å²) in [6, 6.07) is 5.88. The first kappa shape index (κ1) is 16.2. The lowest BCUT2D eigenvalue weighted by Gasteiger charge is -2.37. The van der Waals surface area contributed by atoms with E-state index in [1.807, 2.05) is 11.0 Å². The van der Waals surface area contributed by atoms with Crippen molar-refractivity contribution in [3.8, 4) is 0 Å². The Balaban J connectivity index is 1.62. The van der Waals surface area contributed by atoms with Gasteiger partial charge < -0.3 is 9.64 Å². The number of hydrogen-bond donors (Lipinski definition) is 1. The number of aromatic amines is 1. The topological polar surface area (TPSA) is 61.5 Å². The van der Waals surface area contributed by atoms with Crippen molar-refractivity contribution < 1.29 is 13.9 Å². The highest BCUT2D eigenvalue weighted by Gasteiger charge is 2.34. The molecule has 132 valence electrons. The van der Waals surface area contributed by atoms with Gasteiger partial charge in [-0.25, -0.2) is 4.39 Å². The lowest BCUT2D eigenvalue weighted by atomic mass is 10.0. The number of rotatable bonds is 3. The Labute approximate surface area is 145 Å². The number of benzene rings is 1. The lowest BCUT2D eigenvalue weighted by molar-refractivity contribution is -0.140. The van der Waals surface area contributed by atoms with Crippen LogP contribution in [0.5, 0.6) is 0 Å². The molecule has 3 heterocycles. The van der Waals surface area contributed by atoms with E-state index in [4.69, 9.17) is 4.74 Å². The van der Waals surface area contributed by atoms with Gasteiger partial charge in [0.1, 0.15) is 11.9 Å². The first-order valence-corrected chi connectivity index (χ1v) is 8.59. The van der Waals surface area contributed by atoms with Gasteiger partial charge in [-0.2, -0.15) is 5.10 Å². The summed E-state index contributed by atoms with van der Waals surface area (Å²) in [5, 5.41) is 7.05. The molecule has 1 aromatic heterocycles. The third-order valence-corrected chi connectivity index (χ3v) is 4.92. The van der Waals surface area contributed by atoms with Crippen molar-refractivity contribution in [3.63, 3.8) is 0 Å². The van der Waals surface area contributed by atoms with Gasteiger partial charge in [0.2, 0.25) is 5.91 Å². The van der Waals surface area contributed by atoms with Crippen molar-refractivity contribution >= 4 is 5.91 Å². The van der Waals surface area contributed by atoms with E-state index in [2.05, 4.69) is 15.1 Å². The second kappa shape index (κ2) is 6.93. The molecule has 7 heteroatoms. The normalized spacial score (nSPS) is 19.5. The van der Waals surface area contributed by atoms with Crippen LogP contribution >= 0.6 is 0 Å². The number of morpholine rings is 1. The van der Waals surface area contributed by atoms with Crippen molar-refractivity contribution in [1.29, 1.82) is 0 Å². The molecule has 25 heavy (non-hydrogen) atoms. The molecule has 1 saturated heterocycles. The molecule has 1 amide bonds. The van der Waals surface area contributed by atoms with Crippen molar-refractivity contribution in [2.45, 2.75) is 19.0 Å². The number of H-pyrrole nitrogens is 1. The van der Waals surface area contributed by atoms with Crippen molar-refractivity contribution in [2.75, 3.05) is 32.8 Å². The van der Waals surface area contributed by atoms with Crippen molar-refractivity contribution in [1.82, 2.24) is 20.0 Å². The number of nitrogens with zero attached hydrogens (tertiary/aromatic N) is 3. The first-order valence-electron chi connectivity index (χ1n) is 8.59. The summed E-state index contributed by atoms with van der Waals surface area (Å²) < 4.78 is 19.2. The highest BCUT2D eigenvalue weighted by atomic mass is 19.1. The lowest BCUT2D eigenvalue weighted by Crippen LogP contribution is -2.48. The van der Waals surface area contributed by atoms with Crippen LogP contribution in [0.3, 0.4) is 0 Å². The number of carbonyl (C=O) groups is 1. The summed E-state index contributed by atoms with van der Waals surface area (Å²) in [6.45, 7) is 3.69. The molecule has 0 radical (unpaired) electrons. The van der Waals surface area contributed by atoms with Crippen molar-refractivity contribution in [2.24, 2.45) is 0 Å². The number of nitrogens with one attached hydrogen (secondary N) is 1. The maximum atomic E-state index is 13.8. The van der Waals surface area contributed by atoms with E-state index in [1.165, 1.54) is 12.1 Å². The number of ether oxygens (including phenoxy) is 1. The molecule has 2 aliphatic rings. The van der Waals surface area contributed by atoms with E-state index in [0.29, 0.717) is 45.0 Å². The van der Waals surface area contributed by atoms with Crippen LogP contribution in [0, 0.1) is 5.82 Å². The van der Waals surface area contributed by atoms with Gasteiger partial charge in [-0.05, 0) is 17.7 Å². The molecular weight excluding hydrogens is 323 g/mol. The van der Waals surface area contributed by atoms with E-state index >= 15 is 0 Å². The quantitative estimate of drug-likeness (QED) is 0.917. The predicted molar refractivity (Wildman–Crippen MR) is 89.2 cm³/mol. The Morgan fingerprint density at radius 3 is 2.92 bits per heavy atom. The van der Waals surface area contributed by atoms with Crippen LogP contribution < -0.4 is 0 Å². The summed E-state index contributed by atoms with van der Waals surface area (Å²) >= 11 is 0. The third-order valence-electron chi connectivity index (χ3n) is 4.92. The number of aromatic nitrogens is 2. The molecule has 2 aliphatic heterocycles. The summed E-state index contributed by atoms with van der Waals surface area (Å²) in [4.78, 5) is 17.3. The molecule has 0 aliphatic carbocycles. The van der Waals surface area contributed by atoms with E-state index in [-0.39, 0.29) is 11.7 Å². The van der Waals surface area contributed by atoms with E-state index < -0.39 is 6.04 Å². The van der Waals surface area contributed by atoms with E-state index in [9.17, 15) is 9.18 Å². The molecule has 1 N–H and O–H groups in total. The van der Waals surface area contributed by atoms with Crippen LogP contribution in [0.2, 0.25) is 0 Å². The molecule has 0 unspecified atom stereocenters. The Hall–Kier alpha value is -2.25. The standard InChI is InChI=1S/C18H21FN4O2/c19-15-3-1-2-13(10-15)17(22-6-8-25-9-7-22)18(24)23-5-4-16-14(12-23)11-20-21-16/h1-3,10-11,17H,4-9,12H2,(H,20,21)/t17-/m1/s1. The smallest absolute Gasteiger partial charge is 0.244 e. The van der Waals surface area contributed by atoms with Gasteiger partial charge in [-0.3, -0.25) is 14.8 Å². The largest absolute Gasteiger partial charge is 0.379 e. The van der Waals surface area contributed by atoms with Crippen LogP contribution in [0.25, 0.3) is 0 Å². The highest BCUT2D eigenvalue weighted by Crippen LogP contribution is 2.27. The Bertz CT molecular complexity index is 757. The SMILES string of the molecule is O=C([C@@H](c1cccc(F)c1)N1CCOCC1)N1CCc2[nH]ncc2C1. The fourth-order valence-corrected chi connectivity index (χ4v) is 3.60. The van der Waals surface area contributed by atoms with Gasteiger partial charge in [-0.1, -0.05) is 12.1 Å².